The van der Waals surface area contributed by atoms with Gasteiger partial charge in [-0.15, -0.1) is 0 Å². The molecule has 6 atom stereocenters. The number of nitrogens with zero attached hydrogens (tertiary/aromatic N) is 3. The first-order valence-electron chi connectivity index (χ1n) is 14.5. The molecular weight excluding hydrogens is 665 g/mol. The lowest BCUT2D eigenvalue weighted by Gasteiger charge is -2.60. The number of piperazine rings is 1. The van der Waals surface area contributed by atoms with Gasteiger partial charge in [-0.2, -0.15) is 5.26 Å². The molecule has 0 aliphatic carbocycles. The number of methoxy groups -OCH3 is 1. The molecule has 1 fully saturated rings. The number of aliphatic hydroxyl groups is 2. The molecule has 0 radical (unpaired) electrons. The molecule has 4 aliphatic rings. The van der Waals surface area contributed by atoms with E-state index in [-0.39, 0.29) is 42.6 Å². The van der Waals surface area contributed by atoms with Gasteiger partial charge in [-0.1, -0.05) is 53.5 Å². The molecule has 3 N–H and O–H groups in total. The molecule has 4 heterocycles. The third kappa shape index (κ3) is 4.87. The van der Waals surface area contributed by atoms with Gasteiger partial charge in [-0.3, -0.25) is 9.80 Å². The number of benzene rings is 2. The summed E-state index contributed by atoms with van der Waals surface area (Å²) in [5.41, 5.74) is 2.72. The van der Waals surface area contributed by atoms with Crippen molar-refractivity contribution in [1.82, 2.24) is 9.80 Å². The van der Waals surface area contributed by atoms with E-state index >= 15 is 0 Å². The van der Waals surface area contributed by atoms with Crippen molar-refractivity contribution in [3.05, 3.63) is 52.1 Å². The third-order valence-corrected chi connectivity index (χ3v) is 9.44. The van der Waals surface area contributed by atoms with Gasteiger partial charge < -0.3 is 39.0 Å². The van der Waals surface area contributed by atoms with Crippen LogP contribution < -0.4 is 18.9 Å². The summed E-state index contributed by atoms with van der Waals surface area (Å²) in [6.07, 6.45) is -0.695. The lowest BCUT2D eigenvalue weighted by molar-refractivity contribution is -0.126. The highest BCUT2D eigenvalue weighted by atomic mass is 35.6. The standard InChI is InChI=1S/C31H32Cl3N3O9/c1-5-6-43-28-19-15(7-13(2)26(28)42-4)8-16-17(9-35)36-18(10-38)20-21(24(39)14(3)27-29(20)46-12-45-27)25(40)23(36)22(19)37(16)30(41)44-11-31(32,33)34/h5,7,16-18,22-23,25,38-40H,1,6,8,10-12H2,2-4H3/t16?,17-,18-,22+,23+,25?/m0/s1. The van der Waals surface area contributed by atoms with Crippen molar-refractivity contribution in [3.63, 3.8) is 0 Å². The maximum Gasteiger partial charge on any atom is 0.410 e. The number of aromatic hydroxyl groups is 1. The molecule has 2 bridgehead atoms. The predicted octanol–water partition coefficient (Wildman–Crippen LogP) is 4.44. The molecule has 0 saturated carbocycles. The number of ether oxygens (including phenoxy) is 5. The summed E-state index contributed by atoms with van der Waals surface area (Å²) < 4.78 is 27.0. The molecule has 0 aromatic heterocycles. The van der Waals surface area contributed by atoms with Crippen LogP contribution in [0, 0.1) is 25.2 Å². The van der Waals surface area contributed by atoms with E-state index in [0.29, 0.717) is 28.2 Å². The predicted molar refractivity (Wildman–Crippen MR) is 166 cm³/mol. The number of carbonyl (C=O) groups is 1. The lowest BCUT2D eigenvalue weighted by atomic mass is 9.70. The Morgan fingerprint density at radius 1 is 1.22 bits per heavy atom. The van der Waals surface area contributed by atoms with Crippen LogP contribution in [0.4, 0.5) is 4.79 Å². The van der Waals surface area contributed by atoms with Gasteiger partial charge in [-0.25, -0.2) is 4.79 Å². The Labute approximate surface area is 280 Å². The number of hydrogen-bond acceptors (Lipinski definition) is 11. The summed E-state index contributed by atoms with van der Waals surface area (Å²) in [6, 6.07) is -0.882. The molecule has 0 spiro atoms. The summed E-state index contributed by atoms with van der Waals surface area (Å²) in [5, 5.41) is 45.5. The van der Waals surface area contributed by atoms with E-state index in [9.17, 15) is 25.4 Å². The number of phenolic OH excluding ortho intramolecular Hbond substituents is 1. The van der Waals surface area contributed by atoms with E-state index in [2.05, 4.69) is 12.6 Å². The summed E-state index contributed by atoms with van der Waals surface area (Å²) in [7, 11) is 1.49. The van der Waals surface area contributed by atoms with Crippen molar-refractivity contribution in [2.24, 2.45) is 0 Å². The molecule has 2 aromatic carbocycles. The second kappa shape index (κ2) is 12.0. The van der Waals surface area contributed by atoms with Crippen LogP contribution in [0.15, 0.2) is 18.7 Å². The van der Waals surface area contributed by atoms with Gasteiger partial charge in [0.25, 0.3) is 0 Å². The molecule has 2 unspecified atom stereocenters. The maximum absolute atomic E-state index is 14.0. The largest absolute Gasteiger partial charge is 0.507 e. The fraction of sp³-hybridized carbons (Fsp3) is 0.484. The van der Waals surface area contributed by atoms with Gasteiger partial charge in [0.15, 0.2) is 23.0 Å². The Balaban J connectivity index is 1.65. The minimum absolute atomic E-state index is 0.0867. The third-order valence-electron chi connectivity index (χ3n) is 9.12. The Morgan fingerprint density at radius 3 is 2.57 bits per heavy atom. The first kappa shape index (κ1) is 32.6. The number of hydrogen-bond donors (Lipinski definition) is 3. The van der Waals surface area contributed by atoms with Gasteiger partial charge in [0, 0.05) is 22.3 Å². The zero-order valence-corrected chi connectivity index (χ0v) is 27.4. The molecule has 46 heavy (non-hydrogen) atoms. The minimum atomic E-state index is -1.92. The number of aryl methyl sites for hydroxylation is 1. The average Bonchev–Trinajstić information content (AvgIpc) is 3.50. The number of rotatable bonds is 6. The van der Waals surface area contributed by atoms with Gasteiger partial charge in [0.05, 0.1) is 44.0 Å². The molecule has 4 aliphatic heterocycles. The fourth-order valence-electron chi connectivity index (χ4n) is 7.51. The monoisotopic (exact) mass is 695 g/mol. The van der Waals surface area contributed by atoms with E-state index < -0.39 is 59.4 Å². The highest BCUT2D eigenvalue weighted by Crippen LogP contribution is 2.61. The second-order valence-electron chi connectivity index (χ2n) is 11.5. The van der Waals surface area contributed by atoms with Gasteiger partial charge in [0.1, 0.15) is 31.1 Å². The Kier molecular flexibility index (Phi) is 8.54. The van der Waals surface area contributed by atoms with Crippen LogP contribution in [-0.2, 0) is 11.2 Å². The Bertz CT molecular complexity index is 1640. The molecule has 1 saturated heterocycles. The van der Waals surface area contributed by atoms with Crippen molar-refractivity contribution in [2.45, 2.75) is 60.4 Å². The van der Waals surface area contributed by atoms with Crippen LogP contribution in [-0.4, -0.2) is 86.9 Å². The zero-order chi connectivity index (χ0) is 33.2. The molecule has 246 valence electrons. The molecule has 2 aromatic rings. The number of halogens is 3. The molecule has 15 heteroatoms. The van der Waals surface area contributed by atoms with Crippen LogP contribution in [0.25, 0.3) is 0 Å². The van der Waals surface area contributed by atoms with Crippen LogP contribution in [0.1, 0.15) is 51.6 Å². The summed E-state index contributed by atoms with van der Waals surface area (Å²) in [5.74, 6) is 0.995. The molecule has 6 rings (SSSR count). The Morgan fingerprint density at radius 2 is 1.93 bits per heavy atom. The summed E-state index contributed by atoms with van der Waals surface area (Å²) in [4.78, 5) is 17.1. The zero-order valence-electron chi connectivity index (χ0n) is 25.1. The summed E-state index contributed by atoms with van der Waals surface area (Å²) >= 11 is 17.8. The number of nitriles is 1. The highest BCUT2D eigenvalue weighted by Gasteiger charge is 2.62. The van der Waals surface area contributed by atoms with Crippen LogP contribution in [0.5, 0.6) is 28.7 Å². The van der Waals surface area contributed by atoms with Crippen molar-refractivity contribution in [3.8, 4) is 34.8 Å². The topological polar surface area (TPSA) is 154 Å². The van der Waals surface area contributed by atoms with Crippen LogP contribution >= 0.6 is 34.8 Å². The number of carbonyl (C=O) groups excluding carboxylic acids is 1. The number of fused-ring (bicyclic) bond motifs is 9. The van der Waals surface area contributed by atoms with Crippen molar-refractivity contribution in [1.29, 1.82) is 5.26 Å². The molecular formula is C31H32Cl3N3O9. The quantitative estimate of drug-likeness (QED) is 0.290. The normalized spacial score (nSPS) is 25.9. The van der Waals surface area contributed by atoms with Gasteiger partial charge >= 0.3 is 6.09 Å². The number of aliphatic hydroxyl groups excluding tert-OH is 2. The average molecular weight is 697 g/mol. The molecule has 12 nitrogen and oxygen atoms in total. The van der Waals surface area contributed by atoms with E-state index in [4.69, 9.17) is 58.5 Å². The van der Waals surface area contributed by atoms with E-state index in [1.54, 1.807) is 17.9 Å². The first-order chi connectivity index (χ1) is 21.9. The Hall–Kier alpha value is -3.31. The fourth-order valence-corrected chi connectivity index (χ4v) is 7.67. The van der Waals surface area contributed by atoms with E-state index in [1.807, 2.05) is 13.0 Å². The second-order valence-corrected chi connectivity index (χ2v) is 14.1. The minimum Gasteiger partial charge on any atom is -0.507 e. The maximum atomic E-state index is 14.0. The van der Waals surface area contributed by atoms with Crippen molar-refractivity contribution >= 4 is 40.9 Å². The van der Waals surface area contributed by atoms with Crippen molar-refractivity contribution < 1.29 is 43.8 Å². The summed E-state index contributed by atoms with van der Waals surface area (Å²) in [6.45, 7) is 6.08. The SMILES string of the molecule is C=CCOc1c(OC)c(C)cc2c1[C@@H]1[C@@H]3C(O)c4c(O)c(C)c5c(c4[C@H](CO)N3[C@@H](C#N)C(C2)N1C(=O)OCC(Cl)(Cl)Cl)OCO5. The number of alkyl halides is 3. The highest BCUT2D eigenvalue weighted by molar-refractivity contribution is 6.67. The number of phenols is 1. The molecule has 1 amide bonds. The van der Waals surface area contributed by atoms with Gasteiger partial charge in [0.2, 0.25) is 10.6 Å². The first-order valence-corrected chi connectivity index (χ1v) is 15.6. The smallest absolute Gasteiger partial charge is 0.410 e. The van der Waals surface area contributed by atoms with Crippen LogP contribution in [0.2, 0.25) is 0 Å². The van der Waals surface area contributed by atoms with E-state index in [1.165, 1.54) is 12.0 Å². The van der Waals surface area contributed by atoms with E-state index in [0.717, 1.165) is 11.1 Å². The lowest BCUT2D eigenvalue weighted by Crippen LogP contribution is -2.71. The number of amides is 1. The van der Waals surface area contributed by atoms with Crippen molar-refractivity contribution in [2.75, 3.05) is 33.7 Å². The van der Waals surface area contributed by atoms with Gasteiger partial charge in [-0.05, 0) is 31.4 Å². The van der Waals surface area contributed by atoms with Crippen LogP contribution in [0.3, 0.4) is 0 Å².